The van der Waals surface area contributed by atoms with Gasteiger partial charge in [-0.2, -0.15) is 26.3 Å². The third-order valence-corrected chi connectivity index (χ3v) is 8.23. The summed E-state index contributed by atoms with van der Waals surface area (Å²) < 4.78 is 79.8. The number of hydrogen-bond acceptors (Lipinski definition) is 14. The van der Waals surface area contributed by atoms with Crippen LogP contribution in [0.4, 0.5) is 37.7 Å². The number of amides is 1. The Kier molecular flexibility index (Phi) is 15.0. The molecule has 1 aliphatic rings. The Balaban J connectivity index is 0.000000204. The van der Waals surface area contributed by atoms with Gasteiger partial charge in [-0.3, -0.25) is 19.2 Å². The molecule has 62 heavy (non-hydrogen) atoms. The Morgan fingerprint density at radius 1 is 0.597 bits per heavy atom. The second-order valence-corrected chi connectivity index (χ2v) is 12.9. The van der Waals surface area contributed by atoms with Crippen molar-refractivity contribution < 1.29 is 55.4 Å². The van der Waals surface area contributed by atoms with Crippen LogP contribution in [-0.4, -0.2) is 69.7 Å². The van der Waals surface area contributed by atoms with Crippen molar-refractivity contribution in [2.24, 2.45) is 0 Å². The Morgan fingerprint density at radius 3 is 1.40 bits per heavy atom. The van der Waals surface area contributed by atoms with E-state index in [1.165, 1.54) is 24.3 Å². The third-order valence-electron chi connectivity index (χ3n) is 8.23. The van der Waals surface area contributed by atoms with E-state index in [1.807, 2.05) is 0 Å². The number of aliphatic carboxylic acids is 1. The van der Waals surface area contributed by atoms with Crippen LogP contribution in [0.2, 0.25) is 0 Å². The molecule has 0 radical (unpaired) electrons. The number of nitrogens with one attached hydrogen (secondary N) is 1. The van der Waals surface area contributed by atoms with Gasteiger partial charge < -0.3 is 20.9 Å². The van der Waals surface area contributed by atoms with Crippen LogP contribution < -0.4 is 11.1 Å². The Hall–Kier alpha value is -7.78. The van der Waals surface area contributed by atoms with E-state index in [-0.39, 0.29) is 60.4 Å². The molecular formula is C40H32F6N10O6. The van der Waals surface area contributed by atoms with Crippen LogP contribution in [0.15, 0.2) is 97.1 Å². The summed E-state index contributed by atoms with van der Waals surface area (Å²) in [6.45, 7) is 0. The predicted molar refractivity (Wildman–Crippen MR) is 206 cm³/mol. The molecule has 6 aromatic rings. The lowest BCUT2D eigenvalue weighted by Gasteiger charge is -2.07. The lowest BCUT2D eigenvalue weighted by atomic mass is 10.1. The standard InChI is InChI=1S/C20H16F3N5O3.C15H10F3N5.C5H6O3/c21-20(22,23)14-9-7-12(8-10-14)18-25-27-19(28-26-18)13-3-1-4-15(11-13)24-16(29)5-2-6-17(30)31;16-15(17,18)11-6-4-9(5-7-11)13-20-22-14(23-21-13)10-2-1-3-12(19)8-10;6-4-2-1-3-5(7)8-4/h1,3-4,7-11H,2,5-6H2,(H,24,29)(H,30,31);1-8H,19H2;1-3H2. The van der Waals surface area contributed by atoms with Gasteiger partial charge in [-0.25, -0.2) is 0 Å². The number of anilines is 2. The average Bonchev–Trinajstić information content (AvgIpc) is 3.24. The van der Waals surface area contributed by atoms with Crippen molar-refractivity contribution in [3.8, 4) is 45.6 Å². The molecule has 0 bridgehead atoms. The minimum atomic E-state index is -4.43. The van der Waals surface area contributed by atoms with Gasteiger partial charge in [0.15, 0.2) is 0 Å². The number of ether oxygens (including phenoxy) is 1. The van der Waals surface area contributed by atoms with Gasteiger partial charge in [-0.05, 0) is 61.4 Å². The zero-order chi connectivity index (χ0) is 44.9. The number of rotatable bonds is 9. The number of halogens is 6. The normalized spacial score (nSPS) is 12.5. The van der Waals surface area contributed by atoms with Gasteiger partial charge in [0.25, 0.3) is 0 Å². The summed E-state index contributed by atoms with van der Waals surface area (Å²) in [7, 11) is 0. The number of hydrogen-bond donors (Lipinski definition) is 3. The fraction of sp³-hybridized carbons (Fsp3) is 0.200. The molecule has 16 nitrogen and oxygen atoms in total. The fourth-order valence-corrected chi connectivity index (χ4v) is 5.18. The average molecular weight is 863 g/mol. The van der Waals surface area contributed by atoms with Crippen LogP contribution in [0, 0.1) is 0 Å². The van der Waals surface area contributed by atoms with Crippen LogP contribution in [-0.2, 0) is 36.3 Å². The number of alkyl halides is 6. The van der Waals surface area contributed by atoms with E-state index in [2.05, 4.69) is 50.8 Å². The van der Waals surface area contributed by atoms with E-state index in [0.29, 0.717) is 52.9 Å². The number of carboxylic acid groups (broad SMARTS) is 1. The van der Waals surface area contributed by atoms with E-state index in [4.69, 9.17) is 10.8 Å². The van der Waals surface area contributed by atoms with Crippen LogP contribution in [0.1, 0.15) is 49.7 Å². The summed E-state index contributed by atoms with van der Waals surface area (Å²) in [6.07, 6.45) is -7.18. The highest BCUT2D eigenvalue weighted by Crippen LogP contribution is 2.31. The number of nitrogens with zero attached hydrogens (tertiary/aromatic N) is 8. The highest BCUT2D eigenvalue weighted by atomic mass is 19.4. The summed E-state index contributed by atoms with van der Waals surface area (Å²) in [5, 5.41) is 42.7. The molecule has 2 aromatic heterocycles. The fourth-order valence-electron chi connectivity index (χ4n) is 5.18. The van der Waals surface area contributed by atoms with E-state index < -0.39 is 29.4 Å². The lowest BCUT2D eigenvalue weighted by molar-refractivity contribution is -0.163. The number of benzene rings is 4. The summed E-state index contributed by atoms with van der Waals surface area (Å²) in [6, 6.07) is 22.3. The Morgan fingerprint density at radius 2 is 1.02 bits per heavy atom. The van der Waals surface area contributed by atoms with Gasteiger partial charge >= 0.3 is 30.3 Å². The molecule has 0 spiro atoms. The van der Waals surface area contributed by atoms with Crippen LogP contribution >= 0.6 is 0 Å². The predicted octanol–water partition coefficient (Wildman–Crippen LogP) is 7.25. The Labute approximate surface area is 346 Å². The molecule has 0 atom stereocenters. The monoisotopic (exact) mass is 862 g/mol. The largest absolute Gasteiger partial charge is 0.481 e. The van der Waals surface area contributed by atoms with E-state index in [9.17, 15) is 45.5 Å². The molecule has 7 rings (SSSR count). The quantitative estimate of drug-likeness (QED) is 0.0561. The van der Waals surface area contributed by atoms with Crippen LogP contribution in [0.5, 0.6) is 0 Å². The molecule has 1 aliphatic heterocycles. The minimum Gasteiger partial charge on any atom is -0.481 e. The molecule has 1 amide bonds. The molecule has 3 heterocycles. The number of aromatic nitrogens is 8. The van der Waals surface area contributed by atoms with Gasteiger partial charge in [0.1, 0.15) is 0 Å². The van der Waals surface area contributed by atoms with Crippen molar-refractivity contribution in [3.05, 3.63) is 108 Å². The van der Waals surface area contributed by atoms with Crippen molar-refractivity contribution in [1.82, 2.24) is 40.8 Å². The summed E-state index contributed by atoms with van der Waals surface area (Å²) >= 11 is 0. The van der Waals surface area contributed by atoms with Crippen molar-refractivity contribution in [3.63, 3.8) is 0 Å². The molecule has 0 aliphatic carbocycles. The number of nitrogen functional groups attached to an aromatic ring is 1. The highest BCUT2D eigenvalue weighted by Gasteiger charge is 2.31. The number of nitrogens with two attached hydrogens (primary N) is 1. The van der Waals surface area contributed by atoms with E-state index >= 15 is 0 Å². The van der Waals surface area contributed by atoms with Gasteiger partial charge in [-0.1, -0.05) is 48.5 Å². The van der Waals surface area contributed by atoms with Gasteiger partial charge in [0, 0.05) is 59.3 Å². The summed E-state index contributed by atoms with van der Waals surface area (Å²) in [5.74, 6) is -1.40. The first-order chi connectivity index (χ1) is 29.4. The van der Waals surface area contributed by atoms with Crippen molar-refractivity contribution in [2.45, 2.75) is 50.9 Å². The first-order valence-electron chi connectivity index (χ1n) is 18.2. The van der Waals surface area contributed by atoms with Crippen LogP contribution in [0.25, 0.3) is 45.6 Å². The number of esters is 2. The molecule has 0 saturated carbocycles. The van der Waals surface area contributed by atoms with E-state index in [1.54, 1.807) is 48.5 Å². The second-order valence-electron chi connectivity index (χ2n) is 12.9. The molecule has 1 fully saturated rings. The number of cyclic esters (lactones) is 2. The van der Waals surface area contributed by atoms with Gasteiger partial charge in [0.05, 0.1) is 11.1 Å². The second kappa shape index (κ2) is 20.5. The zero-order valence-corrected chi connectivity index (χ0v) is 31.9. The lowest BCUT2D eigenvalue weighted by Crippen LogP contribution is -2.17. The van der Waals surface area contributed by atoms with E-state index in [0.717, 1.165) is 24.3 Å². The summed E-state index contributed by atoms with van der Waals surface area (Å²) in [4.78, 5) is 42.9. The summed E-state index contributed by atoms with van der Waals surface area (Å²) in [5.41, 5.74) is 7.09. The molecule has 0 unspecified atom stereocenters. The number of carboxylic acids is 1. The number of carbonyl (C=O) groups is 4. The third kappa shape index (κ3) is 13.6. The number of carbonyl (C=O) groups excluding carboxylic acids is 3. The molecule has 4 aromatic carbocycles. The first kappa shape index (κ1) is 45.3. The molecule has 4 N–H and O–H groups in total. The topological polar surface area (TPSA) is 239 Å². The van der Waals surface area contributed by atoms with Gasteiger partial charge in [0.2, 0.25) is 29.2 Å². The van der Waals surface area contributed by atoms with Gasteiger partial charge in [-0.15, -0.1) is 40.8 Å². The molecule has 22 heteroatoms. The Bertz CT molecular complexity index is 2480. The van der Waals surface area contributed by atoms with Crippen molar-refractivity contribution in [1.29, 1.82) is 0 Å². The maximum Gasteiger partial charge on any atom is 0.416 e. The smallest absolute Gasteiger partial charge is 0.416 e. The molecule has 1 saturated heterocycles. The van der Waals surface area contributed by atoms with Crippen molar-refractivity contribution >= 4 is 35.2 Å². The van der Waals surface area contributed by atoms with Crippen LogP contribution in [0.3, 0.4) is 0 Å². The van der Waals surface area contributed by atoms with Crippen molar-refractivity contribution in [2.75, 3.05) is 11.1 Å². The zero-order valence-electron chi connectivity index (χ0n) is 31.9. The SMILES string of the molecule is Nc1cccc(-c2nnc(-c3ccc(C(F)(F)F)cc3)nn2)c1.O=C(O)CCCC(=O)Nc1cccc(-c2nnc(-c3ccc(C(F)(F)F)cc3)nn2)c1.O=C1CCCC(=O)O1. The maximum absolute atomic E-state index is 12.7. The first-order valence-corrected chi connectivity index (χ1v) is 18.2. The molecule has 320 valence electrons. The maximum atomic E-state index is 12.7. The highest BCUT2D eigenvalue weighted by molar-refractivity contribution is 5.91. The molecular weight excluding hydrogens is 830 g/mol. The minimum absolute atomic E-state index is 0.0674.